The molecule has 116 valence electrons. The smallest absolute Gasteiger partial charge is 0.236 e. The topological polar surface area (TPSA) is 49.6 Å². The summed E-state index contributed by atoms with van der Waals surface area (Å²) in [6.07, 6.45) is 5.72. The van der Waals surface area contributed by atoms with Crippen molar-refractivity contribution in [2.24, 2.45) is 17.6 Å². The maximum absolute atomic E-state index is 12.5. The fourth-order valence-corrected chi connectivity index (χ4v) is 3.85. The summed E-state index contributed by atoms with van der Waals surface area (Å²) >= 11 is 0. The van der Waals surface area contributed by atoms with Gasteiger partial charge < -0.3 is 10.6 Å². The Labute approximate surface area is 123 Å². The third kappa shape index (κ3) is 4.19. The quantitative estimate of drug-likeness (QED) is 0.856. The second-order valence-corrected chi connectivity index (χ2v) is 7.23. The molecular weight excluding hydrogens is 250 g/mol. The third-order valence-corrected chi connectivity index (χ3v) is 4.97. The molecule has 0 aromatic carbocycles. The molecule has 2 atom stereocenters. The summed E-state index contributed by atoms with van der Waals surface area (Å²) in [7, 11) is 2.09. The van der Waals surface area contributed by atoms with E-state index in [4.69, 9.17) is 5.73 Å². The number of carbonyl (C=O) groups is 1. The van der Waals surface area contributed by atoms with Crippen molar-refractivity contribution in [1.29, 1.82) is 0 Å². The Hall–Kier alpha value is -0.610. The average Bonchev–Trinajstić information content (AvgIpc) is 2.38. The minimum absolute atomic E-state index is 0.306. The number of hydrogen-bond acceptors (Lipinski definition) is 3. The molecule has 1 saturated heterocycles. The molecular formula is C16H31N3O. The van der Waals surface area contributed by atoms with Crippen LogP contribution in [0.2, 0.25) is 0 Å². The van der Waals surface area contributed by atoms with E-state index in [9.17, 15) is 4.79 Å². The molecule has 1 saturated carbocycles. The first kappa shape index (κ1) is 15.8. The molecule has 20 heavy (non-hydrogen) atoms. The van der Waals surface area contributed by atoms with E-state index in [0.29, 0.717) is 36.4 Å². The van der Waals surface area contributed by atoms with Crippen molar-refractivity contribution in [1.82, 2.24) is 9.80 Å². The number of piperidine rings is 1. The third-order valence-electron chi connectivity index (χ3n) is 4.97. The Morgan fingerprint density at radius 3 is 2.25 bits per heavy atom. The number of hydrogen-bond donors (Lipinski definition) is 1. The van der Waals surface area contributed by atoms with Crippen LogP contribution in [0.25, 0.3) is 0 Å². The number of amides is 1. The van der Waals surface area contributed by atoms with Gasteiger partial charge in [0.15, 0.2) is 0 Å². The van der Waals surface area contributed by atoms with Crippen LogP contribution in [-0.2, 0) is 4.79 Å². The van der Waals surface area contributed by atoms with Gasteiger partial charge in [0, 0.05) is 25.2 Å². The lowest BCUT2D eigenvalue weighted by atomic mass is 9.90. The van der Waals surface area contributed by atoms with Gasteiger partial charge in [0.05, 0.1) is 6.54 Å². The zero-order chi connectivity index (χ0) is 14.7. The lowest BCUT2D eigenvalue weighted by molar-refractivity contribution is -0.135. The van der Waals surface area contributed by atoms with Gasteiger partial charge in [-0.25, -0.2) is 0 Å². The summed E-state index contributed by atoms with van der Waals surface area (Å²) in [5, 5.41) is 0. The molecule has 2 N–H and O–H groups in total. The van der Waals surface area contributed by atoms with E-state index in [0.717, 1.165) is 38.8 Å². The van der Waals surface area contributed by atoms with Crippen LogP contribution in [0.1, 0.15) is 46.0 Å². The summed E-state index contributed by atoms with van der Waals surface area (Å²) < 4.78 is 0. The molecule has 0 spiro atoms. The zero-order valence-electron chi connectivity index (χ0n) is 13.3. The van der Waals surface area contributed by atoms with E-state index in [1.807, 2.05) is 0 Å². The van der Waals surface area contributed by atoms with E-state index in [1.165, 1.54) is 6.42 Å². The molecule has 2 aliphatic rings. The molecule has 1 amide bonds. The molecule has 4 nitrogen and oxygen atoms in total. The van der Waals surface area contributed by atoms with E-state index < -0.39 is 0 Å². The van der Waals surface area contributed by atoms with Gasteiger partial charge in [-0.2, -0.15) is 0 Å². The van der Waals surface area contributed by atoms with Crippen LogP contribution >= 0.6 is 0 Å². The number of likely N-dealkylation sites (tertiary alicyclic amines) is 1. The fourth-order valence-electron chi connectivity index (χ4n) is 3.85. The summed E-state index contributed by atoms with van der Waals surface area (Å²) in [6.45, 7) is 6.95. The molecule has 2 rings (SSSR count). The van der Waals surface area contributed by atoms with Crippen LogP contribution in [0.5, 0.6) is 0 Å². The van der Waals surface area contributed by atoms with E-state index >= 15 is 0 Å². The monoisotopic (exact) mass is 281 g/mol. The van der Waals surface area contributed by atoms with Crippen molar-refractivity contribution < 1.29 is 4.79 Å². The first-order chi connectivity index (χ1) is 9.45. The highest BCUT2D eigenvalue weighted by Crippen LogP contribution is 2.23. The molecule has 0 bridgehead atoms. The Kier molecular flexibility index (Phi) is 5.44. The minimum atomic E-state index is 0.306. The number of nitrogens with two attached hydrogens (primary N) is 1. The van der Waals surface area contributed by atoms with E-state index in [2.05, 4.69) is 30.7 Å². The van der Waals surface area contributed by atoms with E-state index in [-0.39, 0.29) is 0 Å². The van der Waals surface area contributed by atoms with Crippen LogP contribution in [0.15, 0.2) is 0 Å². The standard InChI is InChI=1S/C16H31N3O/c1-12-8-13(2)10-19(9-12)16(20)11-18(3)15-6-4-14(17)5-7-15/h12-15H,4-11,17H2,1-3H3. The van der Waals surface area contributed by atoms with Crippen molar-refractivity contribution in [2.45, 2.75) is 58.0 Å². The largest absolute Gasteiger partial charge is 0.341 e. The highest BCUT2D eigenvalue weighted by atomic mass is 16.2. The molecule has 1 heterocycles. The van der Waals surface area contributed by atoms with Crippen LogP contribution < -0.4 is 5.73 Å². The average molecular weight is 281 g/mol. The van der Waals surface area contributed by atoms with Gasteiger partial charge in [0.25, 0.3) is 0 Å². The van der Waals surface area contributed by atoms with Gasteiger partial charge in [-0.15, -0.1) is 0 Å². The van der Waals surface area contributed by atoms with Crippen LogP contribution in [0.3, 0.4) is 0 Å². The molecule has 4 heteroatoms. The summed E-state index contributed by atoms with van der Waals surface area (Å²) in [6, 6.07) is 0.914. The molecule has 1 aliphatic heterocycles. The van der Waals surface area contributed by atoms with Crippen LogP contribution in [0.4, 0.5) is 0 Å². The maximum Gasteiger partial charge on any atom is 0.236 e. The maximum atomic E-state index is 12.5. The predicted octanol–water partition coefficient (Wildman–Crippen LogP) is 1.69. The van der Waals surface area contributed by atoms with Crippen molar-refractivity contribution in [3.8, 4) is 0 Å². The number of carbonyl (C=O) groups excluding carboxylic acids is 1. The van der Waals surface area contributed by atoms with Crippen LogP contribution in [-0.4, -0.2) is 54.5 Å². The predicted molar refractivity (Wildman–Crippen MR) is 82.4 cm³/mol. The number of nitrogens with zero attached hydrogens (tertiary/aromatic N) is 2. The fraction of sp³-hybridized carbons (Fsp3) is 0.938. The highest BCUT2D eigenvalue weighted by Gasteiger charge is 2.28. The Morgan fingerprint density at radius 2 is 1.70 bits per heavy atom. The summed E-state index contributed by atoms with van der Waals surface area (Å²) in [4.78, 5) is 16.8. The number of likely N-dealkylation sites (N-methyl/N-ethyl adjacent to an activating group) is 1. The second kappa shape index (κ2) is 6.90. The summed E-state index contributed by atoms with van der Waals surface area (Å²) in [5.41, 5.74) is 5.95. The first-order valence-corrected chi connectivity index (χ1v) is 8.19. The van der Waals surface area contributed by atoms with Gasteiger partial charge in [-0.05, 0) is 51.0 Å². The van der Waals surface area contributed by atoms with Crippen molar-refractivity contribution in [2.75, 3.05) is 26.7 Å². The molecule has 2 unspecified atom stereocenters. The molecule has 1 aliphatic carbocycles. The Balaban J connectivity index is 1.81. The van der Waals surface area contributed by atoms with Gasteiger partial charge >= 0.3 is 0 Å². The molecule has 0 aromatic heterocycles. The molecule has 0 aromatic rings. The normalized spacial score (nSPS) is 35.4. The van der Waals surface area contributed by atoms with Crippen molar-refractivity contribution in [3.05, 3.63) is 0 Å². The molecule has 2 fully saturated rings. The highest BCUT2D eigenvalue weighted by molar-refractivity contribution is 5.78. The van der Waals surface area contributed by atoms with Crippen molar-refractivity contribution in [3.63, 3.8) is 0 Å². The zero-order valence-corrected chi connectivity index (χ0v) is 13.3. The number of rotatable bonds is 3. The minimum Gasteiger partial charge on any atom is -0.341 e. The SMILES string of the molecule is CC1CC(C)CN(C(=O)CN(C)C2CCC(N)CC2)C1. The lowest BCUT2D eigenvalue weighted by Gasteiger charge is -2.38. The van der Waals surface area contributed by atoms with Crippen LogP contribution in [0, 0.1) is 11.8 Å². The Morgan fingerprint density at radius 1 is 1.15 bits per heavy atom. The lowest BCUT2D eigenvalue weighted by Crippen LogP contribution is -2.48. The Bertz CT molecular complexity index is 316. The van der Waals surface area contributed by atoms with E-state index in [1.54, 1.807) is 0 Å². The van der Waals surface area contributed by atoms with Gasteiger partial charge in [-0.1, -0.05) is 13.8 Å². The van der Waals surface area contributed by atoms with Gasteiger partial charge in [0.1, 0.15) is 0 Å². The first-order valence-electron chi connectivity index (χ1n) is 8.19. The summed E-state index contributed by atoms with van der Waals surface area (Å²) in [5.74, 6) is 1.59. The second-order valence-electron chi connectivity index (χ2n) is 7.23. The van der Waals surface area contributed by atoms with Gasteiger partial charge in [0.2, 0.25) is 5.91 Å². The van der Waals surface area contributed by atoms with Crippen molar-refractivity contribution >= 4 is 5.91 Å². The molecule has 0 radical (unpaired) electrons. The van der Waals surface area contributed by atoms with Gasteiger partial charge in [-0.3, -0.25) is 9.69 Å².